The number of carbonyl (C=O) groups is 3. The van der Waals surface area contributed by atoms with Crippen LogP contribution in [0.4, 0.5) is 11.4 Å². The molecule has 2 fully saturated rings. The predicted molar refractivity (Wildman–Crippen MR) is 191 cm³/mol. The van der Waals surface area contributed by atoms with Gasteiger partial charge in [-0.1, -0.05) is 37.3 Å². The molecule has 11 heteroatoms. The third-order valence-electron chi connectivity index (χ3n) is 8.53. The van der Waals surface area contributed by atoms with Gasteiger partial charge in [-0.25, -0.2) is 4.79 Å². The summed E-state index contributed by atoms with van der Waals surface area (Å²) in [5.74, 6) is -0.240. The number of carbonyl (C=O) groups excluding carboxylic acids is 3. The summed E-state index contributed by atoms with van der Waals surface area (Å²) in [5, 5.41) is 3.28. The lowest BCUT2D eigenvalue weighted by molar-refractivity contribution is -0.124. The lowest BCUT2D eigenvalue weighted by atomic mass is 10.1. The quantitative estimate of drug-likeness (QED) is 0.173. The Morgan fingerprint density at radius 1 is 0.875 bits per heavy atom. The molecular weight excluding hydrogens is 627 g/mol. The van der Waals surface area contributed by atoms with E-state index < -0.39 is 12.0 Å². The van der Waals surface area contributed by atoms with E-state index in [0.29, 0.717) is 35.2 Å². The first-order chi connectivity index (χ1) is 23.4. The number of nitrogens with one attached hydrogen (secondary N) is 1. The molecule has 0 saturated carbocycles. The highest BCUT2D eigenvalue weighted by Crippen LogP contribution is 2.28. The Labute approximate surface area is 288 Å². The van der Waals surface area contributed by atoms with Gasteiger partial charge < -0.3 is 24.6 Å². The van der Waals surface area contributed by atoms with Gasteiger partial charge in [-0.2, -0.15) is 0 Å². The van der Waals surface area contributed by atoms with Crippen LogP contribution in [0.3, 0.4) is 0 Å². The molecule has 0 radical (unpaired) electrons. The number of esters is 1. The molecule has 2 saturated heterocycles. The molecule has 3 aromatic rings. The smallest absolute Gasteiger partial charge is 0.338 e. The summed E-state index contributed by atoms with van der Waals surface area (Å²) < 4.78 is 10.7. The van der Waals surface area contributed by atoms with Crippen LogP contribution < -0.4 is 15.0 Å². The van der Waals surface area contributed by atoms with E-state index in [4.69, 9.17) is 21.7 Å². The number of hydrogen-bond donors (Lipinski definition) is 1. The van der Waals surface area contributed by atoms with Crippen molar-refractivity contribution in [3.63, 3.8) is 0 Å². The molecule has 2 amide bonds. The molecule has 0 spiro atoms. The van der Waals surface area contributed by atoms with Gasteiger partial charge in [0, 0.05) is 45.0 Å². The zero-order valence-electron chi connectivity index (χ0n) is 27.8. The minimum atomic E-state index is -0.753. The van der Waals surface area contributed by atoms with Gasteiger partial charge in [0.25, 0.3) is 5.91 Å². The van der Waals surface area contributed by atoms with Crippen molar-refractivity contribution in [3.05, 3.63) is 90.0 Å². The monoisotopic (exact) mass is 671 g/mol. The second kappa shape index (κ2) is 17.2. The average molecular weight is 672 g/mol. The second-order valence-corrected chi connectivity index (χ2v) is 12.4. The number of rotatable bonds is 15. The van der Waals surface area contributed by atoms with Crippen molar-refractivity contribution in [3.8, 4) is 5.75 Å². The SMILES string of the molecule is CCCOc1ccc(NC(=O)C[C@@H]2C(=O)N(c3ccc(C(=O)OCC)cc3)C(=S)N2CCCN2CCN(Cc3ccccc3)CC2)cc1. The molecule has 1 N–H and O–H groups in total. The number of nitrogens with zero attached hydrogens (tertiary/aromatic N) is 4. The molecule has 0 aliphatic carbocycles. The minimum Gasteiger partial charge on any atom is -0.494 e. The van der Waals surface area contributed by atoms with E-state index in [9.17, 15) is 14.4 Å². The number of thiocarbonyl (C=S) groups is 1. The molecule has 2 aliphatic rings. The largest absolute Gasteiger partial charge is 0.494 e. The first-order valence-electron chi connectivity index (χ1n) is 16.8. The van der Waals surface area contributed by atoms with Crippen LogP contribution in [0.5, 0.6) is 5.75 Å². The highest BCUT2D eigenvalue weighted by Gasteiger charge is 2.44. The zero-order valence-corrected chi connectivity index (χ0v) is 28.6. The van der Waals surface area contributed by atoms with Gasteiger partial charge >= 0.3 is 5.97 Å². The number of ether oxygens (including phenoxy) is 2. The molecule has 254 valence electrons. The van der Waals surface area contributed by atoms with Crippen LogP contribution in [0.2, 0.25) is 0 Å². The summed E-state index contributed by atoms with van der Waals surface area (Å²) in [5.41, 5.74) is 2.89. The Hall–Kier alpha value is -4.32. The summed E-state index contributed by atoms with van der Waals surface area (Å²) in [6.45, 7) is 11.0. The van der Waals surface area contributed by atoms with Crippen LogP contribution in [0.15, 0.2) is 78.9 Å². The summed E-state index contributed by atoms with van der Waals surface area (Å²) in [7, 11) is 0. The fourth-order valence-corrected chi connectivity index (χ4v) is 6.42. The van der Waals surface area contributed by atoms with E-state index in [1.165, 1.54) is 10.5 Å². The fraction of sp³-hybridized carbons (Fsp3) is 0.405. The number of piperazine rings is 1. The second-order valence-electron chi connectivity index (χ2n) is 12.0. The van der Waals surface area contributed by atoms with E-state index in [1.54, 1.807) is 43.3 Å². The highest BCUT2D eigenvalue weighted by molar-refractivity contribution is 7.80. The third-order valence-corrected chi connectivity index (χ3v) is 8.95. The van der Waals surface area contributed by atoms with Crippen LogP contribution in [0.1, 0.15) is 49.0 Å². The molecule has 2 aliphatic heterocycles. The highest BCUT2D eigenvalue weighted by atomic mass is 32.1. The van der Waals surface area contributed by atoms with Crippen molar-refractivity contribution < 1.29 is 23.9 Å². The maximum atomic E-state index is 13.9. The van der Waals surface area contributed by atoms with E-state index in [2.05, 4.69) is 39.4 Å². The summed E-state index contributed by atoms with van der Waals surface area (Å²) in [6, 6.07) is 23.6. The standard InChI is InChI=1S/C37H45N5O5S/c1-3-25-47-32-17-13-30(14-18-32)38-34(43)26-33-35(44)42(31-15-11-29(12-16-31)36(45)46-4-2)37(48)41(33)20-8-19-39-21-23-40(24-22-39)27-28-9-6-5-7-10-28/h5-7,9-18,33H,3-4,8,19-27H2,1-2H3,(H,38,43)/t33-/m1/s1. The maximum Gasteiger partial charge on any atom is 0.338 e. The normalized spacial score (nSPS) is 17.1. The first-order valence-corrected chi connectivity index (χ1v) is 17.2. The van der Waals surface area contributed by atoms with Gasteiger partial charge in [-0.3, -0.25) is 19.4 Å². The Balaban J connectivity index is 1.22. The minimum absolute atomic E-state index is 0.0529. The molecular formula is C37H45N5O5S. The van der Waals surface area contributed by atoms with Crippen molar-refractivity contribution in [2.24, 2.45) is 0 Å². The van der Waals surface area contributed by atoms with Gasteiger partial charge in [-0.05, 0) is 92.6 Å². The number of anilines is 2. The van der Waals surface area contributed by atoms with Crippen molar-refractivity contribution in [1.29, 1.82) is 0 Å². The molecule has 10 nitrogen and oxygen atoms in total. The summed E-state index contributed by atoms with van der Waals surface area (Å²) in [6.07, 6.45) is 1.64. The first kappa shape index (κ1) is 35.0. The van der Waals surface area contributed by atoms with Crippen LogP contribution in [-0.4, -0.2) is 96.1 Å². The van der Waals surface area contributed by atoms with E-state index >= 15 is 0 Å². The van der Waals surface area contributed by atoms with Crippen molar-refractivity contribution in [2.75, 3.05) is 62.7 Å². The van der Waals surface area contributed by atoms with Crippen LogP contribution >= 0.6 is 12.2 Å². The number of benzene rings is 3. The third kappa shape index (κ3) is 9.18. The Morgan fingerprint density at radius 2 is 1.56 bits per heavy atom. The van der Waals surface area contributed by atoms with Gasteiger partial charge in [0.1, 0.15) is 11.8 Å². The molecule has 0 unspecified atom stereocenters. The van der Waals surface area contributed by atoms with Gasteiger partial charge in [0.15, 0.2) is 5.11 Å². The van der Waals surface area contributed by atoms with Crippen molar-refractivity contribution in [2.45, 2.75) is 45.7 Å². The van der Waals surface area contributed by atoms with Crippen molar-refractivity contribution in [1.82, 2.24) is 14.7 Å². The van der Waals surface area contributed by atoms with Crippen LogP contribution in [-0.2, 0) is 20.9 Å². The maximum absolute atomic E-state index is 13.9. The lowest BCUT2D eigenvalue weighted by Gasteiger charge is -2.35. The predicted octanol–water partition coefficient (Wildman–Crippen LogP) is 5.19. The van der Waals surface area contributed by atoms with E-state index in [-0.39, 0.29) is 24.8 Å². The average Bonchev–Trinajstić information content (AvgIpc) is 3.33. The zero-order chi connectivity index (χ0) is 33.9. The Bertz CT molecular complexity index is 1530. The van der Waals surface area contributed by atoms with Gasteiger partial charge in [0.05, 0.1) is 30.9 Å². The fourth-order valence-electron chi connectivity index (χ4n) is 6.01. The van der Waals surface area contributed by atoms with Crippen LogP contribution in [0, 0.1) is 0 Å². The van der Waals surface area contributed by atoms with Gasteiger partial charge in [-0.15, -0.1) is 0 Å². The molecule has 5 rings (SSSR count). The van der Waals surface area contributed by atoms with E-state index in [1.807, 2.05) is 30.0 Å². The molecule has 0 bridgehead atoms. The lowest BCUT2D eigenvalue weighted by Crippen LogP contribution is -2.47. The summed E-state index contributed by atoms with van der Waals surface area (Å²) >= 11 is 5.88. The van der Waals surface area contributed by atoms with E-state index in [0.717, 1.165) is 57.9 Å². The van der Waals surface area contributed by atoms with Crippen LogP contribution in [0.25, 0.3) is 0 Å². The van der Waals surface area contributed by atoms with Gasteiger partial charge in [0.2, 0.25) is 5.91 Å². The summed E-state index contributed by atoms with van der Waals surface area (Å²) in [4.78, 5) is 47.7. The molecule has 2 heterocycles. The molecule has 48 heavy (non-hydrogen) atoms. The molecule has 0 aromatic heterocycles. The Kier molecular flexibility index (Phi) is 12.5. The van der Waals surface area contributed by atoms with Crippen molar-refractivity contribution >= 4 is 46.5 Å². The topological polar surface area (TPSA) is 94.7 Å². The number of amides is 2. The molecule has 1 atom stereocenters. The molecule has 3 aromatic carbocycles. The Morgan fingerprint density at radius 3 is 2.23 bits per heavy atom. The number of hydrogen-bond acceptors (Lipinski definition) is 8.